The van der Waals surface area contributed by atoms with Gasteiger partial charge in [0.05, 0.1) is 30.7 Å². The van der Waals surface area contributed by atoms with E-state index in [-0.39, 0.29) is 30.3 Å². The zero-order valence-corrected chi connectivity index (χ0v) is 19.5. The summed E-state index contributed by atoms with van der Waals surface area (Å²) in [7, 11) is 1.59. The molecule has 2 aromatic rings. The predicted octanol–water partition coefficient (Wildman–Crippen LogP) is 3.87. The highest BCUT2D eigenvalue weighted by Gasteiger charge is 2.48. The van der Waals surface area contributed by atoms with E-state index in [9.17, 15) is 23.1 Å². The third-order valence-corrected chi connectivity index (χ3v) is 7.45. The van der Waals surface area contributed by atoms with Crippen LogP contribution in [-0.4, -0.2) is 55.8 Å². The first-order chi connectivity index (χ1) is 16.7. The van der Waals surface area contributed by atoms with Crippen molar-refractivity contribution in [3.05, 3.63) is 59.2 Å². The largest absolute Gasteiger partial charge is 0.497 e. The van der Waals surface area contributed by atoms with Crippen LogP contribution < -0.4 is 9.64 Å². The quantitative estimate of drug-likeness (QED) is 0.693. The van der Waals surface area contributed by atoms with Gasteiger partial charge in [-0.25, -0.2) is 0 Å². The highest BCUT2D eigenvalue weighted by atomic mass is 19.4. The minimum Gasteiger partial charge on any atom is -0.497 e. The molecule has 2 aliphatic rings. The van der Waals surface area contributed by atoms with Gasteiger partial charge in [0.1, 0.15) is 5.75 Å². The van der Waals surface area contributed by atoms with E-state index in [0.717, 1.165) is 17.4 Å². The number of amides is 1. The highest BCUT2D eigenvalue weighted by molar-refractivity contribution is 5.79. The third kappa shape index (κ3) is 5.08. The van der Waals surface area contributed by atoms with Crippen LogP contribution in [0.25, 0.3) is 0 Å². The minimum atomic E-state index is -4.62. The number of likely N-dealkylation sites (tertiary alicyclic amines) is 1. The molecular formula is C26H28F3N3O3. The Bertz CT molecular complexity index is 1100. The summed E-state index contributed by atoms with van der Waals surface area (Å²) in [6.07, 6.45) is -2.99. The monoisotopic (exact) mass is 487 g/mol. The first-order valence-corrected chi connectivity index (χ1v) is 11.6. The average molecular weight is 488 g/mol. The average Bonchev–Trinajstić information content (AvgIpc) is 3.21. The number of nitriles is 1. The molecule has 1 spiro atoms. The molecule has 1 unspecified atom stereocenters. The lowest BCUT2D eigenvalue weighted by molar-refractivity contribution is -0.137. The number of carbonyl (C=O) groups is 1. The summed E-state index contributed by atoms with van der Waals surface area (Å²) < 4.78 is 45.5. The van der Waals surface area contributed by atoms with Gasteiger partial charge in [-0.3, -0.25) is 4.79 Å². The number of nitrogens with zero attached hydrogens (tertiary/aromatic N) is 3. The van der Waals surface area contributed by atoms with E-state index in [2.05, 4.69) is 0 Å². The molecule has 2 fully saturated rings. The lowest BCUT2D eigenvalue weighted by atomic mass is 9.71. The van der Waals surface area contributed by atoms with Crippen molar-refractivity contribution in [1.82, 2.24) is 4.90 Å². The van der Waals surface area contributed by atoms with Crippen LogP contribution in [0.15, 0.2) is 42.5 Å². The summed E-state index contributed by atoms with van der Waals surface area (Å²) in [4.78, 5) is 16.6. The maximum absolute atomic E-state index is 13.5. The van der Waals surface area contributed by atoms with Gasteiger partial charge in [0.2, 0.25) is 5.91 Å². The molecule has 4 rings (SSSR count). The van der Waals surface area contributed by atoms with Crippen molar-refractivity contribution in [1.29, 1.82) is 5.26 Å². The molecule has 1 amide bonds. The van der Waals surface area contributed by atoms with E-state index < -0.39 is 17.3 Å². The maximum Gasteiger partial charge on any atom is 0.417 e. The molecule has 0 saturated carbocycles. The first-order valence-electron chi connectivity index (χ1n) is 11.6. The van der Waals surface area contributed by atoms with E-state index in [4.69, 9.17) is 10.00 Å². The number of rotatable bonds is 5. The Labute approximate surface area is 202 Å². The number of anilines is 1. The molecule has 35 heavy (non-hydrogen) atoms. The van der Waals surface area contributed by atoms with Crippen molar-refractivity contribution in [2.75, 3.05) is 44.8 Å². The van der Waals surface area contributed by atoms with Crippen molar-refractivity contribution in [3.8, 4) is 11.8 Å². The Balaban J connectivity index is 1.44. The Morgan fingerprint density at radius 3 is 2.46 bits per heavy atom. The third-order valence-electron chi connectivity index (χ3n) is 7.45. The summed E-state index contributed by atoms with van der Waals surface area (Å²) in [5, 5.41) is 19.2. The van der Waals surface area contributed by atoms with Gasteiger partial charge < -0.3 is 19.6 Å². The molecule has 1 N–H and O–H groups in total. The summed E-state index contributed by atoms with van der Waals surface area (Å²) in [6, 6.07) is 12.8. The Hall–Kier alpha value is -3.25. The lowest BCUT2D eigenvalue weighted by Crippen LogP contribution is -2.47. The number of methoxy groups -OCH3 is 1. The zero-order chi connectivity index (χ0) is 25.2. The summed E-state index contributed by atoms with van der Waals surface area (Å²) in [5.41, 5.74) is -0.337. The topological polar surface area (TPSA) is 76.8 Å². The molecule has 186 valence electrons. The van der Waals surface area contributed by atoms with Crippen LogP contribution in [-0.2, 0) is 17.4 Å². The van der Waals surface area contributed by atoms with Gasteiger partial charge in [-0.1, -0.05) is 12.1 Å². The van der Waals surface area contributed by atoms with E-state index in [1.165, 1.54) is 12.1 Å². The molecule has 2 aliphatic heterocycles. The van der Waals surface area contributed by atoms with E-state index in [1.54, 1.807) is 13.2 Å². The molecule has 0 aromatic heterocycles. The SMILES string of the molecule is COc1ccc(CC(=O)N2CCC3(CC2)CN(c2ccc(C#N)c(C(F)(F)F)c2)CC3CO)cc1. The van der Waals surface area contributed by atoms with Crippen LogP contribution in [0.4, 0.5) is 18.9 Å². The molecule has 0 radical (unpaired) electrons. The summed E-state index contributed by atoms with van der Waals surface area (Å²) >= 11 is 0. The number of benzene rings is 2. The van der Waals surface area contributed by atoms with Crippen molar-refractivity contribution in [2.45, 2.75) is 25.4 Å². The molecule has 1 atom stereocenters. The van der Waals surface area contributed by atoms with Crippen molar-refractivity contribution in [2.24, 2.45) is 11.3 Å². The van der Waals surface area contributed by atoms with Crippen LogP contribution >= 0.6 is 0 Å². The van der Waals surface area contributed by atoms with E-state index in [0.29, 0.717) is 44.7 Å². The second kappa shape index (κ2) is 9.78. The molecule has 0 aliphatic carbocycles. The van der Waals surface area contributed by atoms with Crippen LogP contribution in [0.2, 0.25) is 0 Å². The smallest absolute Gasteiger partial charge is 0.417 e. The maximum atomic E-state index is 13.5. The van der Waals surface area contributed by atoms with Gasteiger partial charge in [-0.2, -0.15) is 18.4 Å². The minimum absolute atomic E-state index is 0.0299. The molecule has 2 heterocycles. The van der Waals surface area contributed by atoms with Crippen molar-refractivity contribution in [3.63, 3.8) is 0 Å². The number of hydrogen-bond donors (Lipinski definition) is 1. The van der Waals surface area contributed by atoms with Gasteiger partial charge in [0, 0.05) is 44.4 Å². The number of aliphatic hydroxyl groups excluding tert-OH is 1. The molecular weight excluding hydrogens is 459 g/mol. The van der Waals surface area contributed by atoms with Gasteiger partial charge in [-0.15, -0.1) is 0 Å². The van der Waals surface area contributed by atoms with Crippen LogP contribution in [0.5, 0.6) is 5.75 Å². The predicted molar refractivity (Wildman–Crippen MR) is 124 cm³/mol. The Kier molecular flexibility index (Phi) is 6.95. The second-order valence-corrected chi connectivity index (χ2v) is 9.37. The number of ether oxygens (including phenoxy) is 1. The summed E-state index contributed by atoms with van der Waals surface area (Å²) in [5.74, 6) is 0.653. The normalized spacial score (nSPS) is 19.6. The van der Waals surface area contributed by atoms with Crippen LogP contribution in [0, 0.1) is 22.7 Å². The number of alkyl halides is 3. The first kappa shape index (κ1) is 24.9. The molecule has 0 bridgehead atoms. The van der Waals surface area contributed by atoms with E-state index in [1.807, 2.05) is 34.1 Å². The van der Waals surface area contributed by atoms with Gasteiger partial charge >= 0.3 is 6.18 Å². The van der Waals surface area contributed by atoms with Crippen molar-refractivity contribution >= 4 is 11.6 Å². The molecule has 2 saturated heterocycles. The van der Waals surface area contributed by atoms with Gasteiger partial charge in [-0.05, 0) is 54.2 Å². The number of aliphatic hydroxyl groups is 1. The highest BCUT2D eigenvalue weighted by Crippen LogP contribution is 2.46. The number of halogens is 3. The Morgan fingerprint density at radius 2 is 1.89 bits per heavy atom. The van der Waals surface area contributed by atoms with Gasteiger partial charge in [0.15, 0.2) is 0 Å². The van der Waals surface area contributed by atoms with E-state index >= 15 is 0 Å². The van der Waals surface area contributed by atoms with Crippen LogP contribution in [0.1, 0.15) is 29.5 Å². The fourth-order valence-corrected chi connectivity index (χ4v) is 5.34. The van der Waals surface area contributed by atoms with Crippen LogP contribution in [0.3, 0.4) is 0 Å². The summed E-state index contributed by atoms with van der Waals surface area (Å²) in [6.45, 7) is 1.95. The lowest BCUT2D eigenvalue weighted by Gasteiger charge is -2.42. The molecule has 9 heteroatoms. The second-order valence-electron chi connectivity index (χ2n) is 9.37. The molecule has 2 aromatic carbocycles. The Morgan fingerprint density at radius 1 is 1.20 bits per heavy atom. The number of carbonyl (C=O) groups excluding carboxylic acids is 1. The molecule has 6 nitrogen and oxygen atoms in total. The zero-order valence-electron chi connectivity index (χ0n) is 19.5. The fourth-order valence-electron chi connectivity index (χ4n) is 5.34. The number of piperidine rings is 1. The standard InChI is InChI=1S/C26H28F3N3O3/c1-35-22-6-2-18(3-7-22)12-24(34)31-10-8-25(9-11-31)17-32(15-20(25)16-33)21-5-4-19(14-30)23(13-21)26(27,28)29/h2-7,13,20,33H,8-12,15-17H2,1H3. The fraction of sp³-hybridized carbons (Fsp3) is 0.462. The van der Waals surface area contributed by atoms with Gasteiger partial charge in [0.25, 0.3) is 0 Å². The van der Waals surface area contributed by atoms with Crippen molar-refractivity contribution < 1.29 is 27.8 Å². The number of hydrogen-bond acceptors (Lipinski definition) is 5.